The van der Waals surface area contributed by atoms with Gasteiger partial charge in [0, 0.05) is 12.2 Å². The first-order valence-corrected chi connectivity index (χ1v) is 2.79. The first-order valence-electron chi connectivity index (χ1n) is 1.80. The summed E-state index contributed by atoms with van der Waals surface area (Å²) in [5.41, 5.74) is 0. The van der Waals surface area contributed by atoms with Crippen molar-refractivity contribution in [2.75, 3.05) is 5.75 Å². The van der Waals surface area contributed by atoms with Crippen LogP contribution < -0.4 is 4.72 Å². The molecule has 0 aromatic carbocycles. The Morgan fingerprint density at radius 1 is 1.83 bits per heavy atom. The maximum atomic E-state index is 10.1. The van der Waals surface area contributed by atoms with Gasteiger partial charge in [0.1, 0.15) is 0 Å². The number of rotatable bonds is 0. The number of carbonyl (C=O) groups is 1. The van der Waals surface area contributed by atoms with Crippen molar-refractivity contribution in [1.82, 2.24) is 4.72 Å². The van der Waals surface area contributed by atoms with E-state index in [9.17, 15) is 4.79 Å². The van der Waals surface area contributed by atoms with E-state index < -0.39 is 0 Å². The van der Waals surface area contributed by atoms with Crippen molar-refractivity contribution in [2.45, 2.75) is 6.42 Å². The highest BCUT2D eigenvalue weighted by Gasteiger charge is 2.06. The van der Waals surface area contributed by atoms with Gasteiger partial charge in [0.05, 0.1) is 0 Å². The molecule has 34 valence electrons. The van der Waals surface area contributed by atoms with E-state index in [4.69, 9.17) is 0 Å². The molecule has 0 radical (unpaired) electrons. The molecular formula is C3H5NOS. The van der Waals surface area contributed by atoms with Gasteiger partial charge in [-0.25, -0.2) is 0 Å². The average Bonchev–Trinajstić information content (AvgIpc) is 1.86. The van der Waals surface area contributed by atoms with Crippen LogP contribution in [0.25, 0.3) is 0 Å². The molecule has 0 aromatic heterocycles. The van der Waals surface area contributed by atoms with Crippen LogP contribution in [0.4, 0.5) is 0 Å². The second-order valence-corrected chi connectivity index (χ2v) is 2.02. The van der Waals surface area contributed by atoms with Crippen LogP contribution in [0, 0.1) is 0 Å². The molecule has 1 heterocycles. The lowest BCUT2D eigenvalue weighted by Crippen LogP contribution is -2.04. The van der Waals surface area contributed by atoms with E-state index in [2.05, 4.69) is 4.72 Å². The van der Waals surface area contributed by atoms with Gasteiger partial charge in [-0.3, -0.25) is 4.79 Å². The molecule has 0 aromatic rings. The van der Waals surface area contributed by atoms with Gasteiger partial charge in [0.15, 0.2) is 0 Å². The minimum absolute atomic E-state index is 0.167. The highest BCUT2D eigenvalue weighted by molar-refractivity contribution is 7.98. The molecule has 1 amide bonds. The van der Waals surface area contributed by atoms with E-state index in [-0.39, 0.29) is 5.91 Å². The topological polar surface area (TPSA) is 29.1 Å². The Bertz CT molecular complexity index is 65.2. The number of carbonyl (C=O) groups excluding carboxylic acids is 1. The molecule has 0 spiro atoms. The van der Waals surface area contributed by atoms with Crippen molar-refractivity contribution in [3.05, 3.63) is 0 Å². The molecular weight excluding hydrogens is 98.1 g/mol. The quantitative estimate of drug-likeness (QED) is 0.442. The van der Waals surface area contributed by atoms with Gasteiger partial charge < -0.3 is 4.72 Å². The van der Waals surface area contributed by atoms with Crippen LogP contribution in [-0.2, 0) is 4.79 Å². The third kappa shape index (κ3) is 0.653. The molecule has 0 saturated carbocycles. The number of amides is 1. The molecule has 2 nitrogen and oxygen atoms in total. The van der Waals surface area contributed by atoms with Crippen LogP contribution in [-0.4, -0.2) is 11.7 Å². The molecule has 1 aliphatic rings. The summed E-state index contributed by atoms with van der Waals surface area (Å²) in [5, 5.41) is 0. The predicted octanol–water partition coefficient (Wildman–Crippen LogP) is 0.155. The monoisotopic (exact) mass is 103 g/mol. The summed E-state index contributed by atoms with van der Waals surface area (Å²) in [6.45, 7) is 0. The van der Waals surface area contributed by atoms with Crippen molar-refractivity contribution < 1.29 is 4.79 Å². The highest BCUT2D eigenvalue weighted by atomic mass is 32.2. The minimum Gasteiger partial charge on any atom is -0.300 e. The highest BCUT2D eigenvalue weighted by Crippen LogP contribution is 2.04. The largest absolute Gasteiger partial charge is 0.300 e. The Labute approximate surface area is 40.4 Å². The van der Waals surface area contributed by atoms with Crippen molar-refractivity contribution in [1.29, 1.82) is 0 Å². The molecule has 1 rings (SSSR count). The summed E-state index contributed by atoms with van der Waals surface area (Å²) in [5.74, 6) is 1.11. The summed E-state index contributed by atoms with van der Waals surface area (Å²) in [4.78, 5) is 10.1. The number of nitrogens with one attached hydrogen (secondary N) is 1. The fourth-order valence-electron chi connectivity index (χ4n) is 0.326. The summed E-state index contributed by atoms with van der Waals surface area (Å²) < 4.78 is 2.60. The van der Waals surface area contributed by atoms with E-state index in [0.29, 0.717) is 6.42 Å². The van der Waals surface area contributed by atoms with E-state index in [1.165, 1.54) is 11.9 Å². The van der Waals surface area contributed by atoms with Crippen molar-refractivity contribution in [2.24, 2.45) is 0 Å². The van der Waals surface area contributed by atoms with Crippen molar-refractivity contribution in [3.63, 3.8) is 0 Å². The summed E-state index contributed by atoms with van der Waals surface area (Å²) in [6.07, 6.45) is 0.699. The lowest BCUT2D eigenvalue weighted by atomic mass is 10.5. The SMILES string of the molecule is O=C1CCSN1. The van der Waals surface area contributed by atoms with Crippen molar-refractivity contribution in [3.8, 4) is 0 Å². The van der Waals surface area contributed by atoms with Crippen molar-refractivity contribution >= 4 is 17.9 Å². The zero-order valence-electron chi connectivity index (χ0n) is 3.23. The van der Waals surface area contributed by atoms with Crippen LogP contribution in [0.1, 0.15) is 6.42 Å². The zero-order chi connectivity index (χ0) is 4.41. The third-order valence-electron chi connectivity index (χ3n) is 0.617. The smallest absolute Gasteiger partial charge is 0.230 e. The summed E-state index contributed by atoms with van der Waals surface area (Å²) >= 11 is 1.48. The van der Waals surface area contributed by atoms with Gasteiger partial charge in [0.2, 0.25) is 5.91 Å². The zero-order valence-corrected chi connectivity index (χ0v) is 4.05. The summed E-state index contributed by atoms with van der Waals surface area (Å²) in [7, 11) is 0. The van der Waals surface area contributed by atoms with Crippen LogP contribution in [0.5, 0.6) is 0 Å². The Balaban J connectivity index is 2.37. The normalized spacial score (nSPS) is 21.0. The minimum atomic E-state index is 0.167. The number of hydrogen-bond donors (Lipinski definition) is 1. The molecule has 0 aliphatic carbocycles. The van der Waals surface area contributed by atoms with E-state index >= 15 is 0 Å². The maximum Gasteiger partial charge on any atom is 0.230 e. The standard InChI is InChI=1S/C3H5NOS/c5-3-1-2-6-4-3/h1-2H2,(H,4,5). The average molecular weight is 103 g/mol. The molecule has 0 bridgehead atoms. The van der Waals surface area contributed by atoms with Gasteiger partial charge >= 0.3 is 0 Å². The predicted molar refractivity (Wildman–Crippen MR) is 25.2 cm³/mol. The van der Waals surface area contributed by atoms with Gasteiger partial charge in [-0.05, 0) is 11.9 Å². The first-order chi connectivity index (χ1) is 2.89. The first kappa shape index (κ1) is 3.99. The molecule has 6 heavy (non-hydrogen) atoms. The third-order valence-corrected chi connectivity index (χ3v) is 1.40. The second kappa shape index (κ2) is 1.51. The van der Waals surface area contributed by atoms with Gasteiger partial charge in [-0.2, -0.15) is 0 Å². The van der Waals surface area contributed by atoms with Crippen LogP contribution >= 0.6 is 11.9 Å². The van der Waals surface area contributed by atoms with E-state index in [1.807, 2.05) is 0 Å². The Hall–Kier alpha value is -0.180. The molecule has 1 saturated heterocycles. The fourth-order valence-corrected chi connectivity index (χ4v) is 0.979. The molecule has 3 heteroatoms. The lowest BCUT2D eigenvalue weighted by Gasteiger charge is -1.78. The lowest BCUT2D eigenvalue weighted by molar-refractivity contribution is -0.118. The Morgan fingerprint density at radius 2 is 2.67 bits per heavy atom. The van der Waals surface area contributed by atoms with Crippen LogP contribution in [0.3, 0.4) is 0 Å². The van der Waals surface area contributed by atoms with Gasteiger partial charge in [-0.1, -0.05) is 0 Å². The molecule has 0 unspecified atom stereocenters. The Morgan fingerprint density at radius 3 is 2.83 bits per heavy atom. The Kier molecular flexibility index (Phi) is 1.01. The van der Waals surface area contributed by atoms with E-state index in [1.54, 1.807) is 0 Å². The molecule has 1 aliphatic heterocycles. The maximum absolute atomic E-state index is 10.1. The number of hydrogen-bond acceptors (Lipinski definition) is 2. The van der Waals surface area contributed by atoms with Crippen LogP contribution in [0.2, 0.25) is 0 Å². The second-order valence-electron chi connectivity index (χ2n) is 1.12. The molecule has 1 N–H and O–H groups in total. The van der Waals surface area contributed by atoms with Gasteiger partial charge in [0.25, 0.3) is 0 Å². The fraction of sp³-hybridized carbons (Fsp3) is 0.667. The van der Waals surface area contributed by atoms with Gasteiger partial charge in [-0.15, -0.1) is 0 Å². The molecule has 1 fully saturated rings. The van der Waals surface area contributed by atoms with E-state index in [0.717, 1.165) is 5.75 Å². The summed E-state index contributed by atoms with van der Waals surface area (Å²) in [6, 6.07) is 0. The van der Waals surface area contributed by atoms with Crippen LogP contribution in [0.15, 0.2) is 0 Å². The molecule has 0 atom stereocenters.